The topological polar surface area (TPSA) is 12.0 Å². The first kappa shape index (κ1) is 17.2. The van der Waals surface area contributed by atoms with E-state index in [1.807, 2.05) is 0 Å². The summed E-state index contributed by atoms with van der Waals surface area (Å²) < 4.78 is 0. The van der Waals surface area contributed by atoms with Gasteiger partial charge in [-0.25, -0.2) is 0 Å². The smallest absolute Gasteiger partial charge is 0.00108 e. The molecule has 0 aromatic heterocycles. The Morgan fingerprint density at radius 1 is 1.05 bits per heavy atom. The zero-order valence-electron chi connectivity index (χ0n) is 14.2. The molecule has 1 N–H and O–H groups in total. The summed E-state index contributed by atoms with van der Waals surface area (Å²) in [6, 6.07) is 6.70. The van der Waals surface area contributed by atoms with Gasteiger partial charge >= 0.3 is 0 Å². The minimum Gasteiger partial charge on any atom is -0.316 e. The normalized spacial score (nSPS) is 14.2. The molecule has 0 saturated carbocycles. The molecule has 0 heterocycles. The Morgan fingerprint density at radius 2 is 1.70 bits per heavy atom. The van der Waals surface area contributed by atoms with E-state index in [0.717, 1.165) is 13.1 Å². The van der Waals surface area contributed by atoms with Crippen LogP contribution in [0.25, 0.3) is 0 Å². The Labute approximate surface area is 126 Å². The van der Waals surface area contributed by atoms with Crippen molar-refractivity contribution < 1.29 is 0 Å². The van der Waals surface area contributed by atoms with Crippen molar-refractivity contribution in [2.24, 2.45) is 5.41 Å². The van der Waals surface area contributed by atoms with Crippen molar-refractivity contribution in [1.29, 1.82) is 0 Å². The van der Waals surface area contributed by atoms with Crippen molar-refractivity contribution >= 4 is 0 Å². The largest absolute Gasteiger partial charge is 0.316 e. The van der Waals surface area contributed by atoms with Crippen LogP contribution in [0.4, 0.5) is 0 Å². The molecule has 0 aliphatic heterocycles. The maximum Gasteiger partial charge on any atom is 0.00108 e. The van der Waals surface area contributed by atoms with Gasteiger partial charge in [0.25, 0.3) is 0 Å². The lowest BCUT2D eigenvalue weighted by Crippen LogP contribution is -2.36. The fraction of sp³-hybridized carbons (Fsp3) is 0.684. The quantitative estimate of drug-likeness (QED) is 0.665. The minimum absolute atomic E-state index is 0.420. The molecule has 0 bridgehead atoms. The first-order valence-corrected chi connectivity index (χ1v) is 8.34. The van der Waals surface area contributed by atoms with E-state index >= 15 is 0 Å². The zero-order chi connectivity index (χ0) is 15.0. The van der Waals surface area contributed by atoms with Gasteiger partial charge in [0.15, 0.2) is 0 Å². The fourth-order valence-corrected chi connectivity index (χ4v) is 3.11. The van der Waals surface area contributed by atoms with Crippen LogP contribution in [0.3, 0.4) is 0 Å². The molecule has 0 aliphatic carbocycles. The van der Waals surface area contributed by atoms with E-state index in [1.165, 1.54) is 43.2 Å². The summed E-state index contributed by atoms with van der Waals surface area (Å²) in [5.41, 5.74) is 4.90. The van der Waals surface area contributed by atoms with Gasteiger partial charge < -0.3 is 5.32 Å². The lowest BCUT2D eigenvalue weighted by molar-refractivity contribution is 0.230. The molecule has 1 atom stereocenters. The summed E-state index contributed by atoms with van der Waals surface area (Å²) in [5, 5.41) is 3.61. The van der Waals surface area contributed by atoms with Gasteiger partial charge in [0, 0.05) is 6.54 Å². The van der Waals surface area contributed by atoms with Crippen LogP contribution < -0.4 is 5.32 Å². The molecule has 0 saturated heterocycles. The number of aryl methyl sites for hydroxylation is 2. The Kier molecular flexibility index (Phi) is 7.29. The second kappa shape index (κ2) is 8.46. The second-order valence-corrected chi connectivity index (χ2v) is 6.28. The molecule has 1 nitrogen and oxygen atoms in total. The highest BCUT2D eigenvalue weighted by Gasteiger charge is 2.28. The predicted molar refractivity (Wildman–Crippen MR) is 90.4 cm³/mol. The van der Waals surface area contributed by atoms with Gasteiger partial charge in [-0.1, -0.05) is 51.8 Å². The molecule has 1 unspecified atom stereocenters. The van der Waals surface area contributed by atoms with Gasteiger partial charge in [-0.05, 0) is 61.8 Å². The number of nitrogens with one attached hydrogen (secondary N) is 1. The number of hydrogen-bond donors (Lipinski definition) is 1. The number of unbranched alkanes of at least 4 members (excludes halogenated alkanes) is 1. The van der Waals surface area contributed by atoms with Crippen LogP contribution in [0.15, 0.2) is 18.2 Å². The van der Waals surface area contributed by atoms with Gasteiger partial charge in [-0.2, -0.15) is 0 Å². The average molecular weight is 275 g/mol. The molecule has 1 heteroatoms. The SMILES string of the molecule is CCCCC(CC)(CNCC)Cc1c(C)cccc1C. The van der Waals surface area contributed by atoms with Crippen LogP contribution in [-0.4, -0.2) is 13.1 Å². The third-order valence-electron chi connectivity index (χ3n) is 4.76. The molecule has 20 heavy (non-hydrogen) atoms. The third-order valence-corrected chi connectivity index (χ3v) is 4.76. The van der Waals surface area contributed by atoms with Crippen molar-refractivity contribution in [2.75, 3.05) is 13.1 Å². The Morgan fingerprint density at radius 3 is 2.20 bits per heavy atom. The summed E-state index contributed by atoms with van der Waals surface area (Å²) in [4.78, 5) is 0. The van der Waals surface area contributed by atoms with Crippen molar-refractivity contribution in [3.05, 3.63) is 34.9 Å². The summed E-state index contributed by atoms with van der Waals surface area (Å²) >= 11 is 0. The fourth-order valence-electron chi connectivity index (χ4n) is 3.11. The molecule has 1 aromatic carbocycles. The van der Waals surface area contributed by atoms with E-state index in [2.05, 4.69) is 58.1 Å². The van der Waals surface area contributed by atoms with E-state index in [1.54, 1.807) is 5.56 Å². The standard InChI is InChI=1S/C19H33N/c1-6-9-13-19(7-2,15-20-8-3)14-18-16(4)11-10-12-17(18)5/h10-12,20H,6-9,13-15H2,1-5H3. The van der Waals surface area contributed by atoms with Gasteiger partial charge in [0.1, 0.15) is 0 Å². The van der Waals surface area contributed by atoms with Crippen molar-refractivity contribution in [3.8, 4) is 0 Å². The van der Waals surface area contributed by atoms with Crippen molar-refractivity contribution in [2.45, 2.75) is 66.7 Å². The van der Waals surface area contributed by atoms with Crippen LogP contribution in [0.1, 0.15) is 63.1 Å². The van der Waals surface area contributed by atoms with Crippen molar-refractivity contribution in [1.82, 2.24) is 5.32 Å². The van der Waals surface area contributed by atoms with E-state index in [9.17, 15) is 0 Å². The molecule has 114 valence electrons. The lowest BCUT2D eigenvalue weighted by Gasteiger charge is -2.34. The summed E-state index contributed by atoms with van der Waals surface area (Å²) in [7, 11) is 0. The highest BCUT2D eigenvalue weighted by Crippen LogP contribution is 2.34. The average Bonchev–Trinajstić information content (AvgIpc) is 2.45. The molecule has 0 radical (unpaired) electrons. The molecular formula is C19H33N. The molecule has 0 spiro atoms. The lowest BCUT2D eigenvalue weighted by atomic mass is 9.73. The Balaban J connectivity index is 2.97. The van der Waals surface area contributed by atoms with Gasteiger partial charge in [0.2, 0.25) is 0 Å². The Hall–Kier alpha value is -0.820. The molecule has 0 aliphatic rings. The maximum absolute atomic E-state index is 3.61. The molecule has 1 rings (SSSR count). The molecule has 0 amide bonds. The Bertz CT molecular complexity index is 367. The van der Waals surface area contributed by atoms with Crippen LogP contribution in [0.2, 0.25) is 0 Å². The third kappa shape index (κ3) is 4.63. The number of rotatable bonds is 9. The van der Waals surface area contributed by atoms with Gasteiger partial charge in [-0.3, -0.25) is 0 Å². The summed E-state index contributed by atoms with van der Waals surface area (Å²) in [5.74, 6) is 0. The second-order valence-electron chi connectivity index (χ2n) is 6.28. The minimum atomic E-state index is 0.420. The zero-order valence-corrected chi connectivity index (χ0v) is 14.2. The van der Waals surface area contributed by atoms with E-state index in [-0.39, 0.29) is 0 Å². The maximum atomic E-state index is 3.61. The molecular weight excluding hydrogens is 242 g/mol. The summed E-state index contributed by atoms with van der Waals surface area (Å²) in [6.45, 7) is 13.6. The molecule has 0 fully saturated rings. The van der Waals surface area contributed by atoms with Crippen LogP contribution in [0.5, 0.6) is 0 Å². The van der Waals surface area contributed by atoms with Gasteiger partial charge in [0.05, 0.1) is 0 Å². The number of benzene rings is 1. The van der Waals surface area contributed by atoms with Crippen molar-refractivity contribution in [3.63, 3.8) is 0 Å². The predicted octanol–water partition coefficient (Wildman–Crippen LogP) is 5.04. The van der Waals surface area contributed by atoms with E-state index in [0.29, 0.717) is 5.41 Å². The molecule has 1 aromatic rings. The van der Waals surface area contributed by atoms with Crippen LogP contribution >= 0.6 is 0 Å². The first-order chi connectivity index (χ1) is 9.58. The van der Waals surface area contributed by atoms with E-state index < -0.39 is 0 Å². The van der Waals surface area contributed by atoms with E-state index in [4.69, 9.17) is 0 Å². The van der Waals surface area contributed by atoms with Gasteiger partial charge in [-0.15, -0.1) is 0 Å². The number of hydrogen-bond acceptors (Lipinski definition) is 1. The highest BCUT2D eigenvalue weighted by atomic mass is 14.9. The summed E-state index contributed by atoms with van der Waals surface area (Å²) in [6.07, 6.45) is 6.44. The first-order valence-electron chi connectivity index (χ1n) is 8.34. The monoisotopic (exact) mass is 275 g/mol. The van der Waals surface area contributed by atoms with Crippen LogP contribution in [-0.2, 0) is 6.42 Å². The highest BCUT2D eigenvalue weighted by molar-refractivity contribution is 5.34. The van der Waals surface area contributed by atoms with Crippen LogP contribution in [0, 0.1) is 19.3 Å².